The standard InChI is InChI=1S/C25H28N2O4/c1-18(2)25(14-13-19-9-11-21(28)12-10-19)17-22(29)23(24(30)31-25)27(16-6-15-26)20-7-4-3-5-8-20/h3-5,7-12,18,23,28H,6,13-14,16-17H2,1-2H3. The molecule has 0 aliphatic carbocycles. The van der Waals surface area contributed by atoms with Crippen LogP contribution in [0.15, 0.2) is 54.6 Å². The van der Waals surface area contributed by atoms with Crippen molar-refractivity contribution in [3.63, 3.8) is 0 Å². The minimum absolute atomic E-state index is 0.0391. The van der Waals surface area contributed by atoms with Gasteiger partial charge in [0.2, 0.25) is 0 Å². The van der Waals surface area contributed by atoms with E-state index in [1.807, 2.05) is 56.3 Å². The van der Waals surface area contributed by atoms with Crippen LogP contribution in [0.1, 0.15) is 38.7 Å². The number of ketones is 1. The number of cyclic esters (lactones) is 1. The number of ether oxygens (including phenoxy) is 1. The predicted molar refractivity (Wildman–Crippen MR) is 118 cm³/mol. The molecular weight excluding hydrogens is 392 g/mol. The van der Waals surface area contributed by atoms with E-state index in [0.29, 0.717) is 18.5 Å². The summed E-state index contributed by atoms with van der Waals surface area (Å²) >= 11 is 0. The number of aromatic hydroxyl groups is 1. The van der Waals surface area contributed by atoms with Gasteiger partial charge in [0, 0.05) is 18.7 Å². The molecule has 1 N–H and O–H groups in total. The lowest BCUT2D eigenvalue weighted by Gasteiger charge is -2.44. The van der Waals surface area contributed by atoms with Gasteiger partial charge >= 0.3 is 5.97 Å². The maximum atomic E-state index is 13.3. The average Bonchev–Trinajstić information content (AvgIpc) is 2.75. The van der Waals surface area contributed by atoms with Crippen molar-refractivity contribution in [1.82, 2.24) is 0 Å². The Bertz CT molecular complexity index is 930. The van der Waals surface area contributed by atoms with Gasteiger partial charge in [-0.2, -0.15) is 5.26 Å². The Morgan fingerprint density at radius 3 is 2.42 bits per heavy atom. The molecule has 0 aromatic heterocycles. The van der Waals surface area contributed by atoms with Crippen LogP contribution in [0.5, 0.6) is 5.75 Å². The zero-order chi connectivity index (χ0) is 22.4. The number of esters is 1. The second-order valence-corrected chi connectivity index (χ2v) is 8.29. The molecule has 0 amide bonds. The molecule has 0 bridgehead atoms. The molecule has 0 spiro atoms. The third kappa shape index (κ3) is 5.05. The summed E-state index contributed by atoms with van der Waals surface area (Å²) in [7, 11) is 0. The summed E-state index contributed by atoms with van der Waals surface area (Å²) < 4.78 is 6.01. The van der Waals surface area contributed by atoms with Crippen molar-refractivity contribution >= 4 is 17.4 Å². The van der Waals surface area contributed by atoms with Gasteiger partial charge < -0.3 is 14.7 Å². The van der Waals surface area contributed by atoms with Crippen LogP contribution in [0.25, 0.3) is 0 Å². The monoisotopic (exact) mass is 420 g/mol. The molecule has 0 saturated carbocycles. The number of phenols is 1. The number of hydrogen-bond acceptors (Lipinski definition) is 6. The summed E-state index contributed by atoms with van der Waals surface area (Å²) in [4.78, 5) is 28.1. The van der Waals surface area contributed by atoms with Crippen LogP contribution in [0.3, 0.4) is 0 Å². The van der Waals surface area contributed by atoms with Crippen LogP contribution >= 0.6 is 0 Å². The summed E-state index contributed by atoms with van der Waals surface area (Å²) in [6.45, 7) is 4.19. The highest BCUT2D eigenvalue weighted by atomic mass is 16.6. The highest BCUT2D eigenvalue weighted by Crippen LogP contribution is 2.37. The molecular formula is C25H28N2O4. The van der Waals surface area contributed by atoms with Gasteiger partial charge in [0.1, 0.15) is 11.4 Å². The van der Waals surface area contributed by atoms with Crippen molar-refractivity contribution in [1.29, 1.82) is 5.26 Å². The fraction of sp³-hybridized carbons (Fsp3) is 0.400. The van der Waals surface area contributed by atoms with Gasteiger partial charge in [-0.15, -0.1) is 0 Å². The summed E-state index contributed by atoms with van der Waals surface area (Å²) in [6, 6.07) is 17.1. The van der Waals surface area contributed by atoms with Crippen LogP contribution < -0.4 is 4.90 Å². The summed E-state index contributed by atoms with van der Waals surface area (Å²) in [5, 5.41) is 18.5. The molecule has 2 aromatic rings. The lowest BCUT2D eigenvalue weighted by molar-refractivity contribution is -0.179. The number of anilines is 1. The van der Waals surface area contributed by atoms with Crippen molar-refractivity contribution in [2.45, 2.75) is 51.2 Å². The number of rotatable bonds is 8. The molecule has 6 heteroatoms. The van der Waals surface area contributed by atoms with Crippen LogP contribution in [0.2, 0.25) is 0 Å². The highest BCUT2D eigenvalue weighted by molar-refractivity contribution is 6.08. The third-order valence-corrected chi connectivity index (χ3v) is 5.99. The number of carbonyl (C=O) groups excluding carboxylic acids is 2. The SMILES string of the molecule is CC(C)C1(CCc2ccc(O)cc2)CC(=O)C(N(CCC#N)c2ccccc2)C(=O)O1. The molecule has 31 heavy (non-hydrogen) atoms. The predicted octanol–water partition coefficient (Wildman–Crippen LogP) is 4.02. The van der Waals surface area contributed by atoms with Crippen molar-refractivity contribution in [2.75, 3.05) is 11.4 Å². The molecule has 162 valence electrons. The average molecular weight is 421 g/mol. The molecule has 1 aliphatic rings. The third-order valence-electron chi connectivity index (χ3n) is 5.99. The second kappa shape index (κ2) is 9.65. The number of carbonyl (C=O) groups is 2. The van der Waals surface area contributed by atoms with Crippen molar-refractivity contribution in [2.24, 2.45) is 5.92 Å². The van der Waals surface area contributed by atoms with Gasteiger partial charge in [-0.25, -0.2) is 4.79 Å². The molecule has 3 rings (SSSR count). The molecule has 1 aliphatic heterocycles. The Morgan fingerprint density at radius 1 is 1.16 bits per heavy atom. The first-order valence-electron chi connectivity index (χ1n) is 10.6. The molecule has 2 aromatic carbocycles. The van der Waals surface area contributed by atoms with Gasteiger partial charge in [0.05, 0.1) is 12.5 Å². The number of aryl methyl sites for hydroxylation is 1. The number of nitriles is 1. The van der Waals surface area contributed by atoms with Gasteiger partial charge in [-0.1, -0.05) is 44.2 Å². The Labute approximate surface area is 183 Å². The topological polar surface area (TPSA) is 90.6 Å². The molecule has 0 radical (unpaired) electrons. The summed E-state index contributed by atoms with van der Waals surface area (Å²) in [6.07, 6.45) is 1.47. The van der Waals surface area contributed by atoms with Crippen LogP contribution in [-0.2, 0) is 20.7 Å². The Balaban J connectivity index is 1.82. The van der Waals surface area contributed by atoms with E-state index in [9.17, 15) is 14.7 Å². The summed E-state index contributed by atoms with van der Waals surface area (Å²) in [5.74, 6) is -0.583. The van der Waals surface area contributed by atoms with E-state index in [4.69, 9.17) is 10.00 Å². The van der Waals surface area contributed by atoms with E-state index in [-0.39, 0.29) is 36.8 Å². The Morgan fingerprint density at radius 2 is 1.84 bits per heavy atom. The highest BCUT2D eigenvalue weighted by Gasteiger charge is 2.50. The van der Waals surface area contributed by atoms with E-state index in [0.717, 1.165) is 5.56 Å². The maximum Gasteiger partial charge on any atom is 0.337 e. The zero-order valence-electron chi connectivity index (χ0n) is 18.0. The van der Waals surface area contributed by atoms with E-state index in [2.05, 4.69) is 6.07 Å². The molecule has 1 heterocycles. The molecule has 6 nitrogen and oxygen atoms in total. The van der Waals surface area contributed by atoms with E-state index >= 15 is 0 Å². The van der Waals surface area contributed by atoms with E-state index in [1.165, 1.54) is 0 Å². The molecule has 1 fully saturated rings. The summed E-state index contributed by atoms with van der Waals surface area (Å²) in [5.41, 5.74) is 0.845. The fourth-order valence-electron chi connectivity index (χ4n) is 4.08. The van der Waals surface area contributed by atoms with Gasteiger partial charge in [-0.3, -0.25) is 4.79 Å². The smallest absolute Gasteiger partial charge is 0.337 e. The van der Waals surface area contributed by atoms with Gasteiger partial charge in [0.15, 0.2) is 11.8 Å². The Kier molecular flexibility index (Phi) is 6.96. The van der Waals surface area contributed by atoms with Crippen LogP contribution in [0.4, 0.5) is 5.69 Å². The molecule has 2 unspecified atom stereocenters. The Hall–Kier alpha value is -3.33. The zero-order valence-corrected chi connectivity index (χ0v) is 18.0. The number of para-hydroxylation sites is 1. The molecule has 1 saturated heterocycles. The number of benzene rings is 2. The van der Waals surface area contributed by atoms with E-state index in [1.54, 1.807) is 17.0 Å². The lowest BCUT2D eigenvalue weighted by atomic mass is 9.77. The van der Waals surface area contributed by atoms with Crippen molar-refractivity contribution < 1.29 is 19.4 Å². The van der Waals surface area contributed by atoms with Crippen molar-refractivity contribution in [3.8, 4) is 11.8 Å². The number of Topliss-reactive ketones (excluding diaryl/α,β-unsaturated/α-hetero) is 1. The lowest BCUT2D eigenvalue weighted by Crippen LogP contribution is -2.59. The van der Waals surface area contributed by atoms with Crippen LogP contribution in [-0.4, -0.2) is 35.0 Å². The number of nitrogens with zero attached hydrogens (tertiary/aromatic N) is 2. The second-order valence-electron chi connectivity index (χ2n) is 8.29. The normalized spacial score (nSPS) is 20.9. The quantitative estimate of drug-likeness (QED) is 0.512. The molecule has 2 atom stereocenters. The van der Waals surface area contributed by atoms with Crippen LogP contribution in [0, 0.1) is 17.2 Å². The fourth-order valence-corrected chi connectivity index (χ4v) is 4.08. The maximum absolute atomic E-state index is 13.3. The van der Waals surface area contributed by atoms with E-state index < -0.39 is 17.6 Å². The number of phenolic OH excluding ortho intramolecular Hbond substituents is 1. The number of hydrogen-bond donors (Lipinski definition) is 1. The first kappa shape index (κ1) is 22.4. The largest absolute Gasteiger partial charge is 0.508 e. The van der Waals surface area contributed by atoms with Gasteiger partial charge in [-0.05, 0) is 48.6 Å². The first-order valence-corrected chi connectivity index (χ1v) is 10.6. The minimum atomic E-state index is -1.05. The minimum Gasteiger partial charge on any atom is -0.508 e. The van der Waals surface area contributed by atoms with Gasteiger partial charge in [0.25, 0.3) is 0 Å². The van der Waals surface area contributed by atoms with Crippen molar-refractivity contribution in [3.05, 3.63) is 60.2 Å². The first-order chi connectivity index (χ1) is 14.9.